The number of cyclic esters (lactones) is 1. The van der Waals surface area contributed by atoms with Gasteiger partial charge in [-0.25, -0.2) is 0 Å². The average molecular weight is 721 g/mol. The SMILES string of the molecule is Cc1ccc(C)c(N2C/C=C\CCC(=O)N(C)[C@H](C)[C@@H](c3ccccc3)OC(=O)[C@@H]3[C@H]4O[C@@]5(C=C4Br)[C@H](C2=O)N(CCCO)C(=O)[C@@H]35)c1. The lowest BCUT2D eigenvalue weighted by Crippen LogP contribution is -2.56. The molecule has 4 aliphatic rings. The lowest BCUT2D eigenvalue weighted by Gasteiger charge is -2.36. The number of aliphatic hydroxyl groups excluding tert-OH is 1. The minimum atomic E-state index is -1.44. The molecule has 4 aliphatic heterocycles. The summed E-state index contributed by atoms with van der Waals surface area (Å²) in [4.78, 5) is 62.0. The van der Waals surface area contributed by atoms with Crippen LogP contribution in [-0.2, 0) is 28.7 Å². The first-order valence-electron chi connectivity index (χ1n) is 16.5. The first-order chi connectivity index (χ1) is 23.0. The molecule has 0 aliphatic carbocycles. The number of rotatable bonds is 5. The third kappa shape index (κ3) is 5.79. The van der Waals surface area contributed by atoms with E-state index in [-0.39, 0.29) is 44.4 Å². The largest absolute Gasteiger partial charge is 0.455 e. The minimum absolute atomic E-state index is 0.109. The van der Waals surface area contributed by atoms with E-state index in [1.54, 1.807) is 22.9 Å². The van der Waals surface area contributed by atoms with Gasteiger partial charge in [0.1, 0.15) is 29.8 Å². The zero-order chi connectivity index (χ0) is 34.3. The molecule has 0 unspecified atom stereocenters. The van der Waals surface area contributed by atoms with Crippen LogP contribution in [0.4, 0.5) is 5.69 Å². The number of halogens is 1. The van der Waals surface area contributed by atoms with Gasteiger partial charge in [-0.05, 0) is 62.4 Å². The van der Waals surface area contributed by atoms with Gasteiger partial charge in [-0.1, -0.05) is 70.5 Å². The molecule has 2 saturated heterocycles. The van der Waals surface area contributed by atoms with Crippen molar-refractivity contribution >= 4 is 45.3 Å². The molecule has 0 radical (unpaired) electrons. The fourth-order valence-corrected chi connectivity index (χ4v) is 8.35. The van der Waals surface area contributed by atoms with Gasteiger partial charge < -0.3 is 29.3 Å². The van der Waals surface area contributed by atoms with Crippen LogP contribution in [0.3, 0.4) is 0 Å². The van der Waals surface area contributed by atoms with Crippen molar-refractivity contribution in [2.75, 3.05) is 31.6 Å². The summed E-state index contributed by atoms with van der Waals surface area (Å²) in [5.74, 6) is -3.57. The van der Waals surface area contributed by atoms with Crippen molar-refractivity contribution in [1.82, 2.24) is 9.80 Å². The van der Waals surface area contributed by atoms with Crippen LogP contribution in [0, 0.1) is 25.7 Å². The van der Waals surface area contributed by atoms with Crippen molar-refractivity contribution in [3.05, 3.63) is 87.9 Å². The van der Waals surface area contributed by atoms with Gasteiger partial charge in [0.25, 0.3) is 5.91 Å². The topological polar surface area (TPSA) is 117 Å². The molecule has 7 atom stereocenters. The number of benzene rings is 2. The Hall–Kier alpha value is -3.80. The molecular formula is C37H42BrN3O7. The van der Waals surface area contributed by atoms with Crippen molar-refractivity contribution in [2.24, 2.45) is 11.8 Å². The number of esters is 1. The highest BCUT2D eigenvalue weighted by Crippen LogP contribution is 2.59. The number of fused-ring (bicyclic) bond motifs is 2. The molecular weight excluding hydrogens is 678 g/mol. The lowest BCUT2D eigenvalue weighted by molar-refractivity contribution is -0.164. The van der Waals surface area contributed by atoms with Crippen molar-refractivity contribution in [3.63, 3.8) is 0 Å². The maximum absolute atomic E-state index is 15.0. The van der Waals surface area contributed by atoms with Crippen molar-refractivity contribution in [3.8, 4) is 0 Å². The van der Waals surface area contributed by atoms with E-state index in [2.05, 4.69) is 15.9 Å². The first-order valence-corrected chi connectivity index (χ1v) is 17.3. The van der Waals surface area contributed by atoms with Gasteiger partial charge in [0, 0.05) is 43.3 Å². The Bertz CT molecular complexity index is 1660. The summed E-state index contributed by atoms with van der Waals surface area (Å²) in [6, 6.07) is 13.5. The highest BCUT2D eigenvalue weighted by Gasteiger charge is 2.75. The van der Waals surface area contributed by atoms with E-state index in [1.807, 2.05) is 81.5 Å². The van der Waals surface area contributed by atoms with E-state index in [1.165, 1.54) is 4.90 Å². The Morgan fingerprint density at radius 1 is 1.00 bits per heavy atom. The van der Waals surface area contributed by atoms with Crippen LogP contribution in [0.25, 0.3) is 0 Å². The number of ether oxygens (including phenoxy) is 2. The zero-order valence-corrected chi connectivity index (χ0v) is 29.3. The highest BCUT2D eigenvalue weighted by molar-refractivity contribution is 9.11. The molecule has 0 saturated carbocycles. The van der Waals surface area contributed by atoms with Crippen molar-refractivity contribution < 1.29 is 33.8 Å². The van der Waals surface area contributed by atoms with Crippen LogP contribution in [0.2, 0.25) is 0 Å². The summed E-state index contributed by atoms with van der Waals surface area (Å²) in [6.07, 6.45) is 4.82. The standard InChI is InChI=1S/C37H42BrN3O7/c1-22-15-16-23(2)27(20-22)40-17-10-6-9-14-28(43)39(4)24(3)31(25-12-7-5-8-13-25)47-36(46)29-30-34(44)41(18-11-19-42)33(35(40)45)37(30)21-26(38)32(29)48-37/h5-8,10,12-13,15-16,20-21,24,29-33,42H,9,11,14,17-19H2,1-4H3/b10-6-/t24-,29+,30-,31+,32+,33+,37-/m1/s1. The second-order valence-electron chi connectivity index (χ2n) is 13.2. The van der Waals surface area contributed by atoms with E-state index >= 15 is 4.79 Å². The van der Waals surface area contributed by atoms with Crippen LogP contribution in [0.1, 0.15) is 49.0 Å². The molecule has 6 rings (SSSR count). The number of amides is 3. The van der Waals surface area contributed by atoms with Crippen LogP contribution in [-0.4, -0.2) is 89.1 Å². The molecule has 2 aromatic carbocycles. The molecule has 48 heavy (non-hydrogen) atoms. The van der Waals surface area contributed by atoms with E-state index < -0.39 is 53.6 Å². The number of hydrogen-bond donors (Lipinski definition) is 1. The molecule has 254 valence electrons. The van der Waals surface area contributed by atoms with Gasteiger partial charge in [-0.2, -0.15) is 0 Å². The molecule has 5 bridgehead atoms. The molecule has 1 spiro atoms. The van der Waals surface area contributed by atoms with Crippen LogP contribution in [0.15, 0.2) is 71.2 Å². The number of carbonyl (C=O) groups is 4. The van der Waals surface area contributed by atoms with E-state index in [0.717, 1.165) is 11.1 Å². The number of aliphatic hydroxyl groups is 1. The van der Waals surface area contributed by atoms with E-state index in [0.29, 0.717) is 22.2 Å². The molecule has 2 aromatic rings. The first kappa shape index (κ1) is 34.1. The molecule has 11 heteroatoms. The third-order valence-electron chi connectivity index (χ3n) is 10.2. The smallest absolute Gasteiger partial charge is 0.313 e. The number of anilines is 1. The number of nitrogens with zero attached hydrogens (tertiary/aromatic N) is 3. The number of hydrogen-bond acceptors (Lipinski definition) is 7. The Balaban J connectivity index is 1.49. The Kier molecular flexibility index (Phi) is 9.66. The number of aryl methyl sites for hydroxylation is 2. The van der Waals surface area contributed by atoms with Gasteiger partial charge in [-0.3, -0.25) is 19.2 Å². The summed E-state index contributed by atoms with van der Waals surface area (Å²) >= 11 is 3.61. The normalized spacial score (nSPS) is 31.6. The van der Waals surface area contributed by atoms with Gasteiger partial charge in [0.05, 0.1) is 12.0 Å². The fourth-order valence-electron chi connectivity index (χ4n) is 7.61. The molecule has 10 nitrogen and oxygen atoms in total. The van der Waals surface area contributed by atoms with Gasteiger partial charge >= 0.3 is 5.97 Å². The second kappa shape index (κ2) is 13.6. The van der Waals surface area contributed by atoms with E-state index in [4.69, 9.17) is 9.47 Å². The number of likely N-dealkylation sites (tertiary alicyclic amines) is 1. The molecule has 4 heterocycles. The predicted octanol–water partition coefficient (Wildman–Crippen LogP) is 4.37. The summed E-state index contributed by atoms with van der Waals surface area (Å²) < 4.78 is 13.5. The maximum atomic E-state index is 15.0. The number of likely N-dealkylation sites (N-methyl/N-ethyl adjacent to an activating group) is 1. The third-order valence-corrected chi connectivity index (χ3v) is 10.9. The minimum Gasteiger partial charge on any atom is -0.455 e. The van der Waals surface area contributed by atoms with Gasteiger partial charge in [0.15, 0.2) is 0 Å². The highest BCUT2D eigenvalue weighted by atomic mass is 79.9. The van der Waals surface area contributed by atoms with Gasteiger partial charge in [0.2, 0.25) is 11.8 Å². The quantitative estimate of drug-likeness (QED) is 0.361. The fraction of sp³-hybridized carbons (Fsp3) is 0.459. The van der Waals surface area contributed by atoms with Crippen LogP contribution in [0.5, 0.6) is 0 Å². The van der Waals surface area contributed by atoms with Crippen molar-refractivity contribution in [2.45, 2.75) is 69.9 Å². The number of allylic oxidation sites excluding steroid dienone is 1. The predicted molar refractivity (Wildman–Crippen MR) is 183 cm³/mol. The summed E-state index contributed by atoms with van der Waals surface area (Å²) in [7, 11) is 1.70. The average Bonchev–Trinajstić information content (AvgIpc) is 3.67. The molecule has 2 fully saturated rings. The van der Waals surface area contributed by atoms with Gasteiger partial charge in [-0.15, -0.1) is 0 Å². The summed E-state index contributed by atoms with van der Waals surface area (Å²) in [5, 5.41) is 9.78. The lowest BCUT2D eigenvalue weighted by atomic mass is 9.74. The maximum Gasteiger partial charge on any atom is 0.313 e. The zero-order valence-electron chi connectivity index (χ0n) is 27.7. The molecule has 0 aromatic heterocycles. The van der Waals surface area contributed by atoms with E-state index in [9.17, 15) is 19.5 Å². The molecule has 1 N–H and O–H groups in total. The Labute approximate surface area is 289 Å². The summed E-state index contributed by atoms with van der Waals surface area (Å²) in [5.41, 5.74) is 1.81. The Morgan fingerprint density at radius 2 is 1.75 bits per heavy atom. The van der Waals surface area contributed by atoms with Crippen LogP contribution < -0.4 is 4.90 Å². The number of carbonyl (C=O) groups excluding carboxylic acids is 4. The second-order valence-corrected chi connectivity index (χ2v) is 14.1. The summed E-state index contributed by atoms with van der Waals surface area (Å²) in [6.45, 7) is 5.85. The monoisotopic (exact) mass is 719 g/mol. The van der Waals surface area contributed by atoms with Crippen LogP contribution >= 0.6 is 15.9 Å². The molecule has 3 amide bonds. The Morgan fingerprint density at radius 3 is 2.48 bits per heavy atom. The van der Waals surface area contributed by atoms with Crippen molar-refractivity contribution in [1.29, 1.82) is 0 Å².